The lowest BCUT2D eigenvalue weighted by molar-refractivity contribution is -0.134. The number of halogens is 1. The van der Waals surface area contributed by atoms with Gasteiger partial charge in [0.25, 0.3) is 0 Å². The Morgan fingerprint density at radius 2 is 2.05 bits per heavy atom. The lowest BCUT2D eigenvalue weighted by Crippen LogP contribution is -2.51. The van der Waals surface area contributed by atoms with Gasteiger partial charge in [-0.3, -0.25) is 4.79 Å². The molecule has 3 atom stereocenters. The first-order valence-corrected chi connectivity index (χ1v) is 8.35. The standard InChI is InChI=1S/C18H25FN2O/c1-12-11-21(18(22)14-7-8-14)10-9-17(12)20-13(2)15-5-3-4-6-16(15)19/h3-6,12-14,17,20H,7-11H2,1-2H3/t12-,13-,17+/m0/s1. The second-order valence-electron chi connectivity index (χ2n) is 6.84. The highest BCUT2D eigenvalue weighted by Crippen LogP contribution is 2.32. The van der Waals surface area contributed by atoms with Crippen molar-refractivity contribution in [1.29, 1.82) is 0 Å². The van der Waals surface area contributed by atoms with Crippen LogP contribution in [-0.2, 0) is 4.79 Å². The highest BCUT2D eigenvalue weighted by Gasteiger charge is 2.37. The van der Waals surface area contributed by atoms with Crippen molar-refractivity contribution in [2.45, 2.75) is 45.2 Å². The molecule has 1 aromatic carbocycles. The lowest BCUT2D eigenvalue weighted by Gasteiger charge is -2.39. The maximum absolute atomic E-state index is 13.9. The quantitative estimate of drug-likeness (QED) is 0.927. The van der Waals surface area contributed by atoms with Crippen LogP contribution in [0.5, 0.6) is 0 Å². The molecule has 2 aliphatic rings. The minimum atomic E-state index is -0.156. The fourth-order valence-corrected chi connectivity index (χ4v) is 3.42. The SMILES string of the molecule is C[C@H](N[C@@H]1CCN(C(=O)C2CC2)C[C@@H]1C)c1ccccc1F. The number of hydrogen-bond donors (Lipinski definition) is 1. The highest BCUT2D eigenvalue weighted by atomic mass is 19.1. The van der Waals surface area contributed by atoms with Crippen LogP contribution in [0.4, 0.5) is 4.39 Å². The number of piperidine rings is 1. The summed E-state index contributed by atoms with van der Waals surface area (Å²) in [4.78, 5) is 14.2. The summed E-state index contributed by atoms with van der Waals surface area (Å²) in [6.07, 6.45) is 3.07. The van der Waals surface area contributed by atoms with E-state index in [9.17, 15) is 9.18 Å². The van der Waals surface area contributed by atoms with Gasteiger partial charge in [-0.2, -0.15) is 0 Å². The summed E-state index contributed by atoms with van der Waals surface area (Å²) in [5.74, 6) is 0.878. The summed E-state index contributed by atoms with van der Waals surface area (Å²) < 4.78 is 13.9. The zero-order valence-electron chi connectivity index (χ0n) is 13.4. The molecule has 1 heterocycles. The molecule has 4 heteroatoms. The maximum Gasteiger partial charge on any atom is 0.225 e. The van der Waals surface area contributed by atoms with E-state index in [0.717, 1.165) is 32.4 Å². The summed E-state index contributed by atoms with van der Waals surface area (Å²) in [7, 11) is 0. The Morgan fingerprint density at radius 3 is 2.68 bits per heavy atom. The van der Waals surface area contributed by atoms with Crippen molar-refractivity contribution in [2.24, 2.45) is 11.8 Å². The van der Waals surface area contributed by atoms with E-state index in [1.54, 1.807) is 6.07 Å². The van der Waals surface area contributed by atoms with E-state index >= 15 is 0 Å². The molecule has 22 heavy (non-hydrogen) atoms. The van der Waals surface area contributed by atoms with Crippen molar-refractivity contribution in [3.05, 3.63) is 35.6 Å². The number of likely N-dealkylation sites (tertiary alicyclic amines) is 1. The fraction of sp³-hybridized carbons (Fsp3) is 0.611. The van der Waals surface area contributed by atoms with E-state index in [0.29, 0.717) is 29.3 Å². The third-order valence-corrected chi connectivity index (χ3v) is 4.98. The van der Waals surface area contributed by atoms with Gasteiger partial charge >= 0.3 is 0 Å². The molecule has 1 saturated carbocycles. The van der Waals surface area contributed by atoms with Crippen LogP contribution in [0.1, 0.15) is 44.7 Å². The van der Waals surface area contributed by atoms with Gasteiger partial charge in [-0.25, -0.2) is 4.39 Å². The number of carbonyl (C=O) groups excluding carboxylic acids is 1. The summed E-state index contributed by atoms with van der Waals surface area (Å²) >= 11 is 0. The van der Waals surface area contributed by atoms with Crippen LogP contribution < -0.4 is 5.32 Å². The Morgan fingerprint density at radius 1 is 1.32 bits per heavy atom. The van der Waals surface area contributed by atoms with Gasteiger partial charge in [-0.1, -0.05) is 25.1 Å². The number of amides is 1. The monoisotopic (exact) mass is 304 g/mol. The Kier molecular flexibility index (Phi) is 4.48. The van der Waals surface area contributed by atoms with Crippen molar-refractivity contribution in [3.63, 3.8) is 0 Å². The number of nitrogens with zero attached hydrogens (tertiary/aromatic N) is 1. The molecule has 0 spiro atoms. The summed E-state index contributed by atoms with van der Waals surface area (Å²) in [6, 6.07) is 7.25. The predicted molar refractivity (Wildman–Crippen MR) is 84.8 cm³/mol. The van der Waals surface area contributed by atoms with Gasteiger partial charge in [0.1, 0.15) is 5.82 Å². The zero-order chi connectivity index (χ0) is 15.7. The number of nitrogens with one attached hydrogen (secondary N) is 1. The Labute approximate surface area is 131 Å². The Hall–Kier alpha value is -1.42. The molecule has 1 amide bonds. The molecule has 3 rings (SSSR count). The second kappa shape index (κ2) is 6.37. The summed E-state index contributed by atoms with van der Waals surface area (Å²) in [5.41, 5.74) is 0.714. The minimum absolute atomic E-state index is 0.0145. The van der Waals surface area contributed by atoms with E-state index in [1.807, 2.05) is 24.0 Å². The van der Waals surface area contributed by atoms with Crippen LogP contribution >= 0.6 is 0 Å². The van der Waals surface area contributed by atoms with Crippen LogP contribution in [0.3, 0.4) is 0 Å². The molecule has 3 nitrogen and oxygen atoms in total. The Bertz CT molecular complexity index is 544. The van der Waals surface area contributed by atoms with Gasteiger partial charge < -0.3 is 10.2 Å². The predicted octanol–water partition coefficient (Wildman–Crippen LogP) is 3.12. The molecule has 1 aliphatic heterocycles. The van der Waals surface area contributed by atoms with E-state index in [1.165, 1.54) is 6.07 Å². The van der Waals surface area contributed by atoms with Crippen LogP contribution in [0, 0.1) is 17.7 Å². The fourth-order valence-electron chi connectivity index (χ4n) is 3.42. The van der Waals surface area contributed by atoms with Gasteiger partial charge in [0.05, 0.1) is 0 Å². The molecule has 0 aromatic heterocycles. The molecule has 0 bridgehead atoms. The minimum Gasteiger partial charge on any atom is -0.342 e. The molecule has 2 fully saturated rings. The van der Waals surface area contributed by atoms with E-state index in [-0.39, 0.29) is 11.9 Å². The third kappa shape index (κ3) is 3.32. The summed E-state index contributed by atoms with van der Waals surface area (Å²) in [6.45, 7) is 5.82. The maximum atomic E-state index is 13.9. The normalized spacial score (nSPS) is 26.8. The molecular weight excluding hydrogens is 279 g/mol. The van der Waals surface area contributed by atoms with E-state index in [2.05, 4.69) is 12.2 Å². The van der Waals surface area contributed by atoms with Crippen molar-refractivity contribution in [3.8, 4) is 0 Å². The topological polar surface area (TPSA) is 32.3 Å². The number of benzene rings is 1. The van der Waals surface area contributed by atoms with Crippen LogP contribution in [0.15, 0.2) is 24.3 Å². The van der Waals surface area contributed by atoms with E-state index < -0.39 is 0 Å². The van der Waals surface area contributed by atoms with Crippen LogP contribution in [0.2, 0.25) is 0 Å². The molecular formula is C18H25FN2O. The van der Waals surface area contributed by atoms with Crippen molar-refractivity contribution < 1.29 is 9.18 Å². The molecule has 1 aliphatic carbocycles. The Balaban J connectivity index is 1.57. The van der Waals surface area contributed by atoms with Gasteiger partial charge in [-0.15, -0.1) is 0 Å². The van der Waals surface area contributed by atoms with Gasteiger partial charge in [0.15, 0.2) is 0 Å². The average molecular weight is 304 g/mol. The smallest absolute Gasteiger partial charge is 0.225 e. The first kappa shape index (κ1) is 15.5. The highest BCUT2D eigenvalue weighted by molar-refractivity contribution is 5.81. The van der Waals surface area contributed by atoms with Gasteiger partial charge in [0, 0.05) is 36.7 Å². The number of carbonyl (C=O) groups is 1. The van der Waals surface area contributed by atoms with Crippen molar-refractivity contribution in [2.75, 3.05) is 13.1 Å². The summed E-state index contributed by atoms with van der Waals surface area (Å²) in [5, 5.41) is 3.55. The van der Waals surface area contributed by atoms with Crippen molar-refractivity contribution >= 4 is 5.91 Å². The molecule has 0 unspecified atom stereocenters. The molecule has 1 N–H and O–H groups in total. The largest absolute Gasteiger partial charge is 0.342 e. The molecule has 1 saturated heterocycles. The zero-order valence-corrected chi connectivity index (χ0v) is 13.4. The van der Waals surface area contributed by atoms with Crippen molar-refractivity contribution in [1.82, 2.24) is 10.2 Å². The third-order valence-electron chi connectivity index (χ3n) is 4.98. The number of hydrogen-bond acceptors (Lipinski definition) is 2. The first-order chi connectivity index (χ1) is 10.6. The molecule has 1 aromatic rings. The lowest BCUT2D eigenvalue weighted by atomic mass is 9.92. The van der Waals surface area contributed by atoms with E-state index in [4.69, 9.17) is 0 Å². The van der Waals surface area contributed by atoms with Gasteiger partial charge in [0.2, 0.25) is 5.91 Å². The van der Waals surface area contributed by atoms with Crippen LogP contribution in [-0.4, -0.2) is 29.9 Å². The van der Waals surface area contributed by atoms with Gasteiger partial charge in [-0.05, 0) is 38.2 Å². The van der Waals surface area contributed by atoms with Crippen LogP contribution in [0.25, 0.3) is 0 Å². The second-order valence-corrected chi connectivity index (χ2v) is 6.84. The average Bonchev–Trinajstić information content (AvgIpc) is 3.33. The first-order valence-electron chi connectivity index (χ1n) is 8.35. The number of rotatable bonds is 4. The molecule has 120 valence electrons. The molecule has 0 radical (unpaired) electrons.